The molecule has 0 bridgehead atoms. The van der Waals surface area contributed by atoms with Gasteiger partial charge in [0.15, 0.2) is 0 Å². The van der Waals surface area contributed by atoms with Crippen LogP contribution in [0.25, 0.3) is 0 Å². The molecule has 6 N–H and O–H groups in total. The number of benzene rings is 1. The molecule has 0 heterocycles. The fourth-order valence-corrected chi connectivity index (χ4v) is 4.68. The summed E-state index contributed by atoms with van der Waals surface area (Å²) in [5, 5.41) is 29.8. The topological polar surface area (TPSA) is 209 Å². The number of rotatable bonds is 17. The van der Waals surface area contributed by atoms with Gasteiger partial charge in [0.05, 0.1) is 5.92 Å². The average Bonchev–Trinajstić information content (AvgIpc) is 2.92. The van der Waals surface area contributed by atoms with Crippen LogP contribution in [0.2, 0.25) is 0 Å². The Balaban J connectivity index is 3.04. The van der Waals surface area contributed by atoms with Crippen LogP contribution in [-0.2, 0) is 35.3 Å². The highest BCUT2D eigenvalue weighted by Gasteiger charge is 2.44. The first-order valence-electron chi connectivity index (χ1n) is 15.7. The summed E-state index contributed by atoms with van der Waals surface area (Å²) in [5.41, 5.74) is -0.994. The van der Waals surface area contributed by atoms with Gasteiger partial charge in [-0.25, -0.2) is 14.4 Å². The van der Waals surface area contributed by atoms with Crippen LogP contribution in [-0.4, -0.2) is 76.4 Å². The summed E-state index contributed by atoms with van der Waals surface area (Å²) >= 11 is 0. The Bertz CT molecular complexity index is 1210. The Kier molecular flexibility index (Phi) is 16.2. The predicted molar refractivity (Wildman–Crippen MR) is 173 cm³/mol. The molecule has 1 rings (SSSR count). The first-order valence-corrected chi connectivity index (χ1v) is 15.7. The molecule has 14 nitrogen and oxygen atoms in total. The summed E-state index contributed by atoms with van der Waals surface area (Å²) in [6.07, 6.45) is -0.716. The molecule has 1 aromatic rings. The minimum absolute atomic E-state index is 0.0436. The fraction of sp³-hybridized carbons (Fsp3) is 0.636. The van der Waals surface area contributed by atoms with E-state index in [0.29, 0.717) is 18.4 Å². The van der Waals surface area contributed by atoms with Crippen molar-refractivity contribution in [2.45, 2.75) is 111 Å². The van der Waals surface area contributed by atoms with Crippen LogP contribution in [0.5, 0.6) is 0 Å². The molecule has 0 aliphatic carbocycles. The van der Waals surface area contributed by atoms with Crippen LogP contribution in [0.4, 0.5) is 9.59 Å². The van der Waals surface area contributed by atoms with Gasteiger partial charge in [-0.15, -0.1) is 0 Å². The van der Waals surface area contributed by atoms with E-state index in [2.05, 4.69) is 21.3 Å². The van der Waals surface area contributed by atoms with Crippen LogP contribution < -0.4 is 21.3 Å². The summed E-state index contributed by atoms with van der Waals surface area (Å²) in [6.45, 7) is 13.7. The zero-order valence-corrected chi connectivity index (χ0v) is 28.7. The van der Waals surface area contributed by atoms with Crippen molar-refractivity contribution >= 4 is 35.9 Å². The van der Waals surface area contributed by atoms with Crippen molar-refractivity contribution in [3.05, 3.63) is 35.9 Å². The summed E-state index contributed by atoms with van der Waals surface area (Å²) in [6, 6.07) is 4.60. The molecule has 0 saturated carbocycles. The van der Waals surface area contributed by atoms with E-state index in [0.717, 1.165) is 0 Å². The lowest BCUT2D eigenvalue weighted by Gasteiger charge is -2.34. The lowest BCUT2D eigenvalue weighted by Crippen LogP contribution is -2.60. The molecule has 0 saturated heterocycles. The second kappa shape index (κ2) is 18.7. The van der Waals surface area contributed by atoms with E-state index < -0.39 is 71.0 Å². The lowest BCUT2D eigenvalue weighted by atomic mass is 9.75. The molecular weight excluding hydrogens is 612 g/mol. The quantitative estimate of drug-likeness (QED) is 0.133. The second-order valence-electron chi connectivity index (χ2n) is 13.9. The smallest absolute Gasteiger partial charge is 0.408 e. The number of ether oxygens (including phenoxy) is 2. The van der Waals surface area contributed by atoms with Crippen molar-refractivity contribution in [2.75, 3.05) is 6.54 Å². The van der Waals surface area contributed by atoms with E-state index in [9.17, 15) is 39.0 Å². The Morgan fingerprint density at radius 2 is 1.36 bits per heavy atom. The van der Waals surface area contributed by atoms with Crippen LogP contribution >= 0.6 is 0 Å². The lowest BCUT2D eigenvalue weighted by molar-refractivity contribution is -0.150. The monoisotopic (exact) mass is 664 g/mol. The third kappa shape index (κ3) is 16.2. The molecule has 0 radical (unpaired) electrons. The van der Waals surface area contributed by atoms with Gasteiger partial charge in [0, 0.05) is 6.54 Å². The van der Waals surface area contributed by atoms with Crippen LogP contribution in [0, 0.1) is 17.3 Å². The Hall–Kier alpha value is -4.36. The maximum absolute atomic E-state index is 13.7. The number of carbonyl (C=O) groups is 6. The number of carboxylic acid groups (broad SMARTS) is 2. The molecule has 1 aromatic carbocycles. The third-order valence-electron chi connectivity index (χ3n) is 6.84. The van der Waals surface area contributed by atoms with Gasteiger partial charge in [-0.05, 0) is 63.4 Å². The molecule has 4 amide bonds. The third-order valence-corrected chi connectivity index (χ3v) is 6.84. The standard InChI is InChI=1S/C33H52N4O10/c1-20(2)18-23(26(38)35-22(28(40)41)16-12-13-17-34-30(44)47-33(6,7)8)36-27(39)25(24(29(42)43)32(3,4)5)37-31(45)46-19-21-14-10-9-11-15-21/h9-11,14-15,20,22-25H,12-13,16-19H2,1-8H3,(H,34,44)(H,35,38)(H,36,39)(H,37,45)(H,40,41)(H,42,43)/t22-,23-,24?,25-/m0/s1. The molecule has 0 fully saturated rings. The van der Waals surface area contributed by atoms with E-state index in [1.165, 1.54) is 0 Å². The summed E-state index contributed by atoms with van der Waals surface area (Å²) in [5.74, 6) is -5.90. The first-order chi connectivity index (χ1) is 21.7. The highest BCUT2D eigenvalue weighted by atomic mass is 16.6. The number of amides is 4. The molecule has 14 heteroatoms. The predicted octanol–water partition coefficient (Wildman–Crippen LogP) is 3.82. The van der Waals surface area contributed by atoms with E-state index in [1.54, 1.807) is 85.7 Å². The van der Waals surface area contributed by atoms with E-state index in [1.807, 2.05) is 0 Å². The molecule has 0 aromatic heterocycles. The summed E-state index contributed by atoms with van der Waals surface area (Å²) in [4.78, 5) is 75.9. The fourth-order valence-electron chi connectivity index (χ4n) is 4.68. The zero-order valence-electron chi connectivity index (χ0n) is 28.7. The van der Waals surface area contributed by atoms with Crippen molar-refractivity contribution < 1.29 is 48.5 Å². The Morgan fingerprint density at radius 3 is 1.87 bits per heavy atom. The number of aliphatic carboxylic acids is 2. The van der Waals surface area contributed by atoms with Crippen molar-refractivity contribution in [2.24, 2.45) is 17.3 Å². The van der Waals surface area contributed by atoms with Crippen molar-refractivity contribution in [1.82, 2.24) is 21.3 Å². The molecule has 47 heavy (non-hydrogen) atoms. The van der Waals surface area contributed by atoms with Crippen molar-refractivity contribution in [3.8, 4) is 0 Å². The number of hydrogen-bond acceptors (Lipinski definition) is 8. The van der Waals surface area contributed by atoms with Gasteiger partial charge in [-0.3, -0.25) is 14.4 Å². The number of nitrogens with one attached hydrogen (secondary N) is 4. The molecular formula is C33H52N4O10. The zero-order chi connectivity index (χ0) is 35.9. The molecule has 0 aliphatic heterocycles. The number of carboxylic acids is 2. The maximum Gasteiger partial charge on any atom is 0.408 e. The van der Waals surface area contributed by atoms with Crippen molar-refractivity contribution in [3.63, 3.8) is 0 Å². The number of carbonyl (C=O) groups excluding carboxylic acids is 4. The van der Waals surface area contributed by atoms with Gasteiger partial charge in [0.25, 0.3) is 0 Å². The molecule has 4 atom stereocenters. The first kappa shape index (κ1) is 40.7. The van der Waals surface area contributed by atoms with Gasteiger partial charge in [-0.1, -0.05) is 65.0 Å². The van der Waals surface area contributed by atoms with Gasteiger partial charge < -0.3 is 41.0 Å². The minimum Gasteiger partial charge on any atom is -0.481 e. The van der Waals surface area contributed by atoms with E-state index in [-0.39, 0.29) is 31.9 Å². The minimum atomic E-state index is -1.63. The summed E-state index contributed by atoms with van der Waals surface area (Å²) in [7, 11) is 0. The van der Waals surface area contributed by atoms with Crippen LogP contribution in [0.15, 0.2) is 30.3 Å². The molecule has 0 aliphatic rings. The number of hydrogen-bond donors (Lipinski definition) is 6. The molecule has 264 valence electrons. The van der Waals surface area contributed by atoms with Crippen molar-refractivity contribution in [1.29, 1.82) is 0 Å². The van der Waals surface area contributed by atoms with Gasteiger partial charge in [0.2, 0.25) is 11.8 Å². The maximum atomic E-state index is 13.7. The highest BCUT2D eigenvalue weighted by molar-refractivity contribution is 5.95. The summed E-state index contributed by atoms with van der Waals surface area (Å²) < 4.78 is 10.4. The molecule has 0 spiro atoms. The van der Waals surface area contributed by atoms with Gasteiger partial charge >= 0.3 is 24.1 Å². The Morgan fingerprint density at radius 1 is 0.766 bits per heavy atom. The van der Waals surface area contributed by atoms with Crippen LogP contribution in [0.3, 0.4) is 0 Å². The van der Waals surface area contributed by atoms with Gasteiger partial charge in [-0.2, -0.15) is 0 Å². The molecule has 1 unspecified atom stereocenters. The second-order valence-corrected chi connectivity index (χ2v) is 13.9. The van der Waals surface area contributed by atoms with E-state index >= 15 is 0 Å². The van der Waals surface area contributed by atoms with Gasteiger partial charge in [0.1, 0.15) is 30.3 Å². The number of unbranched alkanes of at least 4 members (excludes halogenated alkanes) is 1. The van der Waals surface area contributed by atoms with E-state index in [4.69, 9.17) is 9.47 Å². The Labute approximate surface area is 276 Å². The highest BCUT2D eigenvalue weighted by Crippen LogP contribution is 2.30. The largest absolute Gasteiger partial charge is 0.481 e. The average molecular weight is 665 g/mol. The normalized spacial score (nSPS) is 14.1. The SMILES string of the molecule is CC(C)C[C@H](NC(=O)[C@@H](NC(=O)OCc1ccccc1)C(C(=O)O)C(C)(C)C)C(=O)N[C@@H](CCCCNC(=O)OC(C)(C)C)C(=O)O. The number of alkyl carbamates (subject to hydrolysis) is 2. The van der Waals surface area contributed by atoms with Crippen LogP contribution in [0.1, 0.15) is 86.6 Å².